The molecule has 72 valence electrons. The second-order valence-electron chi connectivity index (χ2n) is 2.69. The number of aliphatic hydroxyl groups is 1. The fraction of sp³-hybridized carbons (Fsp3) is 0.125. The van der Waals surface area contributed by atoms with E-state index < -0.39 is 12.4 Å². The number of carbonyl (C=O) groups is 1. The van der Waals surface area contributed by atoms with Gasteiger partial charge in [0.2, 0.25) is 5.78 Å². The Morgan fingerprint density at radius 1 is 1.57 bits per heavy atom. The molecular formula is C8H7N3O3. The third kappa shape index (κ3) is 1.12. The molecule has 2 N–H and O–H groups in total. The molecule has 14 heavy (non-hydrogen) atoms. The monoisotopic (exact) mass is 193 g/mol. The van der Waals surface area contributed by atoms with E-state index in [4.69, 9.17) is 5.11 Å². The van der Waals surface area contributed by atoms with Crippen molar-refractivity contribution in [1.29, 1.82) is 0 Å². The molecule has 0 fully saturated rings. The maximum absolute atomic E-state index is 11.2. The Kier molecular flexibility index (Phi) is 1.90. The Balaban J connectivity index is 2.72. The zero-order valence-electron chi connectivity index (χ0n) is 7.08. The smallest absolute Gasteiger partial charge is 0.210 e. The maximum Gasteiger partial charge on any atom is 0.210 e. The Bertz CT molecular complexity index is 492. The summed E-state index contributed by atoms with van der Waals surface area (Å²) in [5.74, 6) is -0.568. The number of fused-ring (bicyclic) bond motifs is 1. The lowest BCUT2D eigenvalue weighted by molar-refractivity contribution is 0.0889. The van der Waals surface area contributed by atoms with Gasteiger partial charge in [-0.3, -0.25) is 9.78 Å². The average molecular weight is 193 g/mol. The number of aliphatic hydroxyl groups excluding tert-OH is 1. The second-order valence-corrected chi connectivity index (χ2v) is 2.69. The van der Waals surface area contributed by atoms with Gasteiger partial charge in [0.05, 0.1) is 0 Å². The maximum atomic E-state index is 11.2. The van der Waals surface area contributed by atoms with E-state index in [9.17, 15) is 10.0 Å². The largest absolute Gasteiger partial charge is 0.411 e. The van der Waals surface area contributed by atoms with Crippen molar-refractivity contribution in [1.82, 2.24) is 14.9 Å². The third-order valence-electron chi connectivity index (χ3n) is 1.83. The number of hydrogen-bond acceptors (Lipinski definition) is 5. The van der Waals surface area contributed by atoms with Crippen molar-refractivity contribution in [2.24, 2.45) is 0 Å². The topological polar surface area (TPSA) is 88.2 Å². The summed E-state index contributed by atoms with van der Waals surface area (Å²) >= 11 is 0. The molecule has 0 aliphatic rings. The first-order valence-corrected chi connectivity index (χ1v) is 3.91. The standard InChI is InChI=1S/C8H7N3O3/c12-4-6(13)8-7-5(11(14)10-8)2-1-3-9-7/h1-3,12,14H,4H2. The van der Waals surface area contributed by atoms with E-state index in [1.807, 2.05) is 0 Å². The lowest BCUT2D eigenvalue weighted by Crippen LogP contribution is -2.06. The van der Waals surface area contributed by atoms with E-state index in [0.717, 1.165) is 0 Å². The van der Waals surface area contributed by atoms with Gasteiger partial charge in [0.25, 0.3) is 0 Å². The Labute approximate surface area is 78.4 Å². The predicted molar refractivity (Wildman–Crippen MR) is 46.1 cm³/mol. The molecule has 0 aliphatic carbocycles. The van der Waals surface area contributed by atoms with E-state index in [-0.39, 0.29) is 11.2 Å². The minimum absolute atomic E-state index is 0.0226. The summed E-state index contributed by atoms with van der Waals surface area (Å²) in [5.41, 5.74) is 0.601. The number of nitrogens with zero attached hydrogens (tertiary/aromatic N) is 3. The lowest BCUT2D eigenvalue weighted by Gasteiger charge is -1.89. The van der Waals surface area contributed by atoms with Crippen molar-refractivity contribution < 1.29 is 15.1 Å². The number of pyridine rings is 1. The third-order valence-corrected chi connectivity index (χ3v) is 1.83. The van der Waals surface area contributed by atoms with Gasteiger partial charge in [0, 0.05) is 6.20 Å². The first-order valence-electron chi connectivity index (χ1n) is 3.91. The molecule has 0 amide bonds. The van der Waals surface area contributed by atoms with E-state index in [1.165, 1.54) is 6.20 Å². The molecule has 0 bridgehead atoms. The SMILES string of the molecule is O=C(CO)c1nn(O)c2cccnc12. The summed E-state index contributed by atoms with van der Waals surface area (Å²) in [5, 5.41) is 21.5. The molecule has 2 aromatic heterocycles. The van der Waals surface area contributed by atoms with Gasteiger partial charge >= 0.3 is 0 Å². The van der Waals surface area contributed by atoms with Gasteiger partial charge in [-0.15, -0.1) is 5.10 Å². The Morgan fingerprint density at radius 3 is 3.07 bits per heavy atom. The van der Waals surface area contributed by atoms with Gasteiger partial charge in [0.1, 0.15) is 17.6 Å². The van der Waals surface area contributed by atoms with Gasteiger partial charge in [0.15, 0.2) is 5.69 Å². The van der Waals surface area contributed by atoms with Crippen molar-refractivity contribution in [2.45, 2.75) is 0 Å². The highest BCUT2D eigenvalue weighted by Crippen LogP contribution is 2.14. The van der Waals surface area contributed by atoms with Crippen LogP contribution in [-0.2, 0) is 0 Å². The molecule has 0 atom stereocenters. The number of aromatic nitrogens is 3. The first kappa shape index (κ1) is 8.64. The summed E-state index contributed by atoms with van der Waals surface area (Å²) in [6.45, 7) is -0.650. The highest BCUT2D eigenvalue weighted by molar-refractivity contribution is 6.04. The molecule has 0 spiro atoms. The molecule has 0 saturated carbocycles. The van der Waals surface area contributed by atoms with E-state index >= 15 is 0 Å². The van der Waals surface area contributed by atoms with Gasteiger partial charge in [-0.05, 0) is 12.1 Å². The van der Waals surface area contributed by atoms with Crippen LogP contribution in [0.25, 0.3) is 11.0 Å². The van der Waals surface area contributed by atoms with Crippen LogP contribution in [0.2, 0.25) is 0 Å². The average Bonchev–Trinajstić information content (AvgIpc) is 2.56. The normalized spacial score (nSPS) is 10.6. The van der Waals surface area contributed by atoms with Crippen LogP contribution in [-0.4, -0.2) is 37.6 Å². The van der Waals surface area contributed by atoms with Crippen LogP contribution in [0.4, 0.5) is 0 Å². The fourth-order valence-corrected chi connectivity index (χ4v) is 1.20. The number of ketones is 1. The van der Waals surface area contributed by atoms with E-state index in [2.05, 4.69) is 10.1 Å². The molecular weight excluding hydrogens is 186 g/mol. The molecule has 0 saturated heterocycles. The zero-order valence-corrected chi connectivity index (χ0v) is 7.08. The summed E-state index contributed by atoms with van der Waals surface area (Å²) in [7, 11) is 0. The highest BCUT2D eigenvalue weighted by atomic mass is 16.5. The lowest BCUT2D eigenvalue weighted by atomic mass is 10.2. The van der Waals surface area contributed by atoms with Crippen LogP contribution in [0.15, 0.2) is 18.3 Å². The Hall–Kier alpha value is -1.95. The van der Waals surface area contributed by atoms with E-state index in [0.29, 0.717) is 10.4 Å². The van der Waals surface area contributed by atoms with Gasteiger partial charge in [-0.25, -0.2) is 0 Å². The van der Waals surface area contributed by atoms with Crippen LogP contribution in [0, 0.1) is 0 Å². The second kappa shape index (κ2) is 3.08. The van der Waals surface area contributed by atoms with Crippen LogP contribution < -0.4 is 0 Å². The molecule has 2 aromatic rings. The number of Topliss-reactive ketones (excluding diaryl/α,β-unsaturated/α-hetero) is 1. The number of rotatable bonds is 2. The van der Waals surface area contributed by atoms with Crippen molar-refractivity contribution >= 4 is 16.8 Å². The minimum atomic E-state index is -0.650. The summed E-state index contributed by atoms with van der Waals surface area (Å²) in [6, 6.07) is 3.19. The Morgan fingerprint density at radius 2 is 2.36 bits per heavy atom. The molecule has 0 radical (unpaired) electrons. The van der Waals surface area contributed by atoms with Crippen molar-refractivity contribution in [3.63, 3.8) is 0 Å². The molecule has 2 heterocycles. The van der Waals surface area contributed by atoms with Crippen molar-refractivity contribution in [3.05, 3.63) is 24.0 Å². The predicted octanol–water partition coefficient (Wildman–Crippen LogP) is -0.156. The van der Waals surface area contributed by atoms with Gasteiger partial charge in [-0.2, -0.15) is 0 Å². The van der Waals surface area contributed by atoms with E-state index in [1.54, 1.807) is 12.1 Å². The van der Waals surface area contributed by atoms with Crippen LogP contribution >= 0.6 is 0 Å². The van der Waals surface area contributed by atoms with Crippen LogP contribution in [0.5, 0.6) is 0 Å². The van der Waals surface area contributed by atoms with Crippen molar-refractivity contribution in [2.75, 3.05) is 6.61 Å². The summed E-state index contributed by atoms with van der Waals surface area (Å²) in [6.07, 6.45) is 1.48. The minimum Gasteiger partial charge on any atom is -0.411 e. The molecule has 0 unspecified atom stereocenters. The molecule has 0 aliphatic heterocycles. The summed E-state index contributed by atoms with van der Waals surface area (Å²) < 4.78 is 0. The molecule has 6 nitrogen and oxygen atoms in total. The van der Waals surface area contributed by atoms with Crippen LogP contribution in [0.3, 0.4) is 0 Å². The molecule has 6 heteroatoms. The van der Waals surface area contributed by atoms with Gasteiger partial charge in [-0.1, -0.05) is 4.85 Å². The first-order chi connectivity index (χ1) is 6.74. The number of carbonyl (C=O) groups excluding carboxylic acids is 1. The fourth-order valence-electron chi connectivity index (χ4n) is 1.20. The molecule has 2 rings (SSSR count). The number of hydrogen-bond donors (Lipinski definition) is 2. The molecule has 0 aromatic carbocycles. The zero-order chi connectivity index (χ0) is 10.1. The van der Waals surface area contributed by atoms with Crippen molar-refractivity contribution in [3.8, 4) is 0 Å². The summed E-state index contributed by atoms with van der Waals surface area (Å²) in [4.78, 5) is 15.6. The quantitative estimate of drug-likeness (QED) is 0.511. The highest BCUT2D eigenvalue weighted by Gasteiger charge is 2.16. The van der Waals surface area contributed by atoms with Crippen LogP contribution in [0.1, 0.15) is 10.5 Å². The van der Waals surface area contributed by atoms with Gasteiger partial charge < -0.3 is 10.3 Å².